The minimum Gasteiger partial charge on any atom is -0.506 e. The Bertz CT molecular complexity index is 1260. The number of carbonyl (C=O) groups excluding carboxylic acids is 2. The van der Waals surface area contributed by atoms with E-state index in [0.717, 1.165) is 23.3 Å². The Morgan fingerprint density at radius 1 is 1.06 bits per heavy atom. The SMILES string of the molecule is COC(=O)c1ccc(C(=O)N/N=C(\C)c2csc(-c3ccc4c(c3)CCCC4)c2O)cc1C. The summed E-state index contributed by atoms with van der Waals surface area (Å²) in [5, 5.41) is 16.9. The van der Waals surface area contributed by atoms with Crippen molar-refractivity contribution in [3.05, 3.63) is 75.2 Å². The van der Waals surface area contributed by atoms with Crippen LogP contribution in [0.1, 0.15) is 62.7 Å². The molecule has 0 spiro atoms. The summed E-state index contributed by atoms with van der Waals surface area (Å²) in [4.78, 5) is 25.1. The third kappa shape index (κ3) is 4.68. The van der Waals surface area contributed by atoms with E-state index in [-0.39, 0.29) is 5.75 Å². The van der Waals surface area contributed by atoms with Gasteiger partial charge in [0.1, 0.15) is 5.75 Å². The van der Waals surface area contributed by atoms with Gasteiger partial charge in [-0.3, -0.25) is 4.79 Å². The molecule has 2 N–H and O–H groups in total. The fourth-order valence-corrected chi connectivity index (χ4v) is 5.09. The molecular formula is C26H26N2O4S. The lowest BCUT2D eigenvalue weighted by Gasteiger charge is -2.16. The lowest BCUT2D eigenvalue weighted by atomic mass is 9.90. The van der Waals surface area contributed by atoms with Gasteiger partial charge in [-0.15, -0.1) is 11.3 Å². The highest BCUT2D eigenvalue weighted by molar-refractivity contribution is 7.14. The zero-order valence-corrected chi connectivity index (χ0v) is 19.7. The normalized spacial score (nSPS) is 13.4. The second-order valence-electron chi connectivity index (χ2n) is 8.18. The number of thiophene rings is 1. The van der Waals surface area contributed by atoms with Crippen molar-refractivity contribution in [2.45, 2.75) is 39.5 Å². The zero-order chi connectivity index (χ0) is 23.5. The molecule has 4 rings (SSSR count). The quantitative estimate of drug-likeness (QED) is 0.308. The van der Waals surface area contributed by atoms with Crippen molar-refractivity contribution in [2.24, 2.45) is 5.10 Å². The smallest absolute Gasteiger partial charge is 0.338 e. The van der Waals surface area contributed by atoms with Crippen LogP contribution in [0.3, 0.4) is 0 Å². The van der Waals surface area contributed by atoms with Crippen molar-refractivity contribution < 1.29 is 19.4 Å². The molecule has 0 fully saturated rings. The third-order valence-corrected chi connectivity index (χ3v) is 7.00. The van der Waals surface area contributed by atoms with E-state index in [9.17, 15) is 14.7 Å². The van der Waals surface area contributed by atoms with Crippen LogP contribution in [-0.2, 0) is 17.6 Å². The lowest BCUT2D eigenvalue weighted by Crippen LogP contribution is -2.19. The molecule has 33 heavy (non-hydrogen) atoms. The number of hydrogen-bond acceptors (Lipinski definition) is 6. The maximum Gasteiger partial charge on any atom is 0.338 e. The molecule has 7 heteroatoms. The van der Waals surface area contributed by atoms with Crippen LogP contribution in [0.15, 0.2) is 46.9 Å². The Hall–Kier alpha value is -3.45. The maximum absolute atomic E-state index is 12.5. The van der Waals surface area contributed by atoms with Gasteiger partial charge < -0.3 is 9.84 Å². The largest absolute Gasteiger partial charge is 0.506 e. The van der Waals surface area contributed by atoms with E-state index < -0.39 is 11.9 Å². The Labute approximate surface area is 196 Å². The van der Waals surface area contributed by atoms with E-state index >= 15 is 0 Å². The van der Waals surface area contributed by atoms with Crippen molar-refractivity contribution in [3.8, 4) is 16.2 Å². The number of ether oxygens (including phenoxy) is 1. The number of benzene rings is 2. The van der Waals surface area contributed by atoms with Crippen LogP contribution >= 0.6 is 11.3 Å². The number of fused-ring (bicyclic) bond motifs is 1. The molecule has 1 aliphatic rings. The first-order valence-corrected chi connectivity index (χ1v) is 11.7. The number of aromatic hydroxyl groups is 1. The predicted octanol–water partition coefficient (Wildman–Crippen LogP) is 5.25. The number of hydrazone groups is 1. The third-order valence-electron chi connectivity index (χ3n) is 5.98. The highest BCUT2D eigenvalue weighted by atomic mass is 32.1. The van der Waals surface area contributed by atoms with E-state index in [4.69, 9.17) is 4.74 Å². The molecule has 6 nitrogen and oxygen atoms in total. The molecule has 0 saturated carbocycles. The second-order valence-corrected chi connectivity index (χ2v) is 9.06. The minimum atomic E-state index is -0.448. The lowest BCUT2D eigenvalue weighted by molar-refractivity contribution is 0.0599. The molecule has 3 aromatic rings. The first-order valence-electron chi connectivity index (χ1n) is 10.9. The summed E-state index contributed by atoms with van der Waals surface area (Å²) in [6, 6.07) is 11.1. The van der Waals surface area contributed by atoms with Crippen molar-refractivity contribution >= 4 is 28.9 Å². The number of methoxy groups -OCH3 is 1. The molecule has 0 radical (unpaired) electrons. The zero-order valence-electron chi connectivity index (χ0n) is 18.9. The molecule has 0 bridgehead atoms. The molecular weight excluding hydrogens is 436 g/mol. The minimum absolute atomic E-state index is 0.171. The van der Waals surface area contributed by atoms with Gasteiger partial charge in [0.15, 0.2) is 0 Å². The Morgan fingerprint density at radius 3 is 2.55 bits per heavy atom. The summed E-state index contributed by atoms with van der Waals surface area (Å²) in [5.74, 6) is -0.681. The predicted molar refractivity (Wildman–Crippen MR) is 130 cm³/mol. The first kappa shape index (κ1) is 22.7. The van der Waals surface area contributed by atoms with Crippen molar-refractivity contribution in [1.29, 1.82) is 0 Å². The second kappa shape index (κ2) is 9.58. The summed E-state index contributed by atoms with van der Waals surface area (Å²) in [6.45, 7) is 3.48. The van der Waals surface area contributed by atoms with Crippen LogP contribution in [0, 0.1) is 6.92 Å². The number of esters is 1. The number of carbonyl (C=O) groups is 2. The van der Waals surface area contributed by atoms with E-state index in [1.54, 1.807) is 32.0 Å². The van der Waals surface area contributed by atoms with Crippen LogP contribution in [0.2, 0.25) is 0 Å². The number of nitrogens with one attached hydrogen (secondary N) is 1. The molecule has 0 saturated heterocycles. The van der Waals surface area contributed by atoms with Gasteiger partial charge in [0.05, 0.1) is 28.8 Å². The molecule has 0 unspecified atom stereocenters. The van der Waals surface area contributed by atoms with E-state index in [0.29, 0.717) is 28.0 Å². The van der Waals surface area contributed by atoms with Gasteiger partial charge in [0.2, 0.25) is 0 Å². The van der Waals surface area contributed by atoms with E-state index in [1.807, 2.05) is 5.38 Å². The Kier molecular flexibility index (Phi) is 6.60. The summed E-state index contributed by atoms with van der Waals surface area (Å²) in [7, 11) is 1.32. The van der Waals surface area contributed by atoms with Crippen LogP contribution in [-0.4, -0.2) is 29.8 Å². The van der Waals surface area contributed by atoms with Crippen LogP contribution in [0.5, 0.6) is 5.75 Å². The summed E-state index contributed by atoms with van der Waals surface area (Å²) < 4.78 is 4.73. The number of rotatable bonds is 5. The van der Waals surface area contributed by atoms with Crippen LogP contribution < -0.4 is 5.43 Å². The van der Waals surface area contributed by atoms with Crippen molar-refractivity contribution in [2.75, 3.05) is 7.11 Å². The summed E-state index contributed by atoms with van der Waals surface area (Å²) in [6.07, 6.45) is 4.63. The van der Waals surface area contributed by atoms with Gasteiger partial charge in [-0.25, -0.2) is 10.2 Å². The molecule has 2 aromatic carbocycles. The fourth-order valence-electron chi connectivity index (χ4n) is 4.09. The number of aryl methyl sites for hydroxylation is 3. The van der Waals surface area contributed by atoms with Crippen molar-refractivity contribution in [3.63, 3.8) is 0 Å². The van der Waals surface area contributed by atoms with Gasteiger partial charge in [-0.1, -0.05) is 12.1 Å². The van der Waals surface area contributed by atoms with Gasteiger partial charge in [-0.05, 0) is 86.1 Å². The van der Waals surface area contributed by atoms with E-state index in [2.05, 4.69) is 28.7 Å². The fraction of sp³-hybridized carbons (Fsp3) is 0.269. The summed E-state index contributed by atoms with van der Waals surface area (Å²) >= 11 is 1.46. The molecule has 0 atom stereocenters. The van der Waals surface area contributed by atoms with Crippen molar-refractivity contribution in [1.82, 2.24) is 5.43 Å². The number of hydrogen-bond donors (Lipinski definition) is 2. The first-order chi connectivity index (χ1) is 15.9. The maximum atomic E-state index is 12.5. The molecule has 1 aromatic heterocycles. The number of amides is 1. The monoisotopic (exact) mass is 462 g/mol. The average molecular weight is 463 g/mol. The van der Waals surface area contributed by atoms with Crippen LogP contribution in [0.25, 0.3) is 10.4 Å². The Morgan fingerprint density at radius 2 is 1.82 bits per heavy atom. The standard InChI is InChI=1S/C26H26N2O4S/c1-15-12-20(10-11-21(15)26(31)32-3)25(30)28-27-16(2)22-14-33-24(23(22)29)19-9-8-17-6-4-5-7-18(17)13-19/h8-14,29H,4-7H2,1-3H3,(H,28,30)/b27-16+. The number of nitrogens with zero attached hydrogens (tertiary/aromatic N) is 1. The molecule has 1 heterocycles. The molecule has 1 aliphatic carbocycles. The highest BCUT2D eigenvalue weighted by Gasteiger charge is 2.18. The highest BCUT2D eigenvalue weighted by Crippen LogP contribution is 2.40. The Balaban J connectivity index is 1.51. The van der Waals surface area contributed by atoms with Gasteiger partial charge >= 0.3 is 5.97 Å². The van der Waals surface area contributed by atoms with Gasteiger partial charge in [0.25, 0.3) is 5.91 Å². The molecule has 170 valence electrons. The average Bonchev–Trinajstić information content (AvgIpc) is 3.22. The molecule has 0 aliphatic heterocycles. The van der Waals surface area contributed by atoms with Gasteiger partial charge in [-0.2, -0.15) is 5.10 Å². The van der Waals surface area contributed by atoms with E-state index in [1.165, 1.54) is 42.4 Å². The molecule has 1 amide bonds. The topological polar surface area (TPSA) is 88.0 Å². The summed E-state index contributed by atoms with van der Waals surface area (Å²) in [5.41, 5.74) is 8.81. The van der Waals surface area contributed by atoms with Gasteiger partial charge in [0, 0.05) is 10.9 Å². The van der Waals surface area contributed by atoms with Crippen LogP contribution in [0.4, 0.5) is 0 Å².